The number of carbonyl (C=O) groups is 1. The third-order valence-corrected chi connectivity index (χ3v) is 3.40. The van der Waals surface area contributed by atoms with Crippen molar-refractivity contribution in [1.82, 2.24) is 14.9 Å². The van der Waals surface area contributed by atoms with E-state index in [1.165, 1.54) is 35.2 Å². The number of anilines is 1. The van der Waals surface area contributed by atoms with E-state index in [9.17, 15) is 14.0 Å². The number of carbonyl (C=O) groups excluding carboxylic acids is 1. The zero-order valence-corrected chi connectivity index (χ0v) is 13.2. The Morgan fingerprint density at radius 3 is 2.83 bits per heavy atom. The van der Waals surface area contributed by atoms with Gasteiger partial charge in [-0.1, -0.05) is 18.5 Å². The molecule has 0 spiro atoms. The van der Waals surface area contributed by atoms with E-state index >= 15 is 0 Å². The standard InChI is InChI=1S/C15H16ClFN4O2/c1-2-10-8-14(22)21(9-19-10)6-5-18-15(23)20-11-3-4-13(17)12(16)7-11/h3-4,7-9H,2,5-6H2,1H3,(H2,18,20,23). The van der Waals surface area contributed by atoms with Crippen LogP contribution in [0.1, 0.15) is 12.6 Å². The van der Waals surface area contributed by atoms with Gasteiger partial charge in [0.2, 0.25) is 0 Å². The molecule has 2 aromatic rings. The number of aromatic nitrogens is 2. The van der Waals surface area contributed by atoms with Crippen molar-refractivity contribution in [3.8, 4) is 0 Å². The molecule has 2 amide bonds. The Hall–Kier alpha value is -2.41. The van der Waals surface area contributed by atoms with E-state index < -0.39 is 11.8 Å². The van der Waals surface area contributed by atoms with Crippen molar-refractivity contribution in [1.29, 1.82) is 0 Å². The molecule has 23 heavy (non-hydrogen) atoms. The second-order valence-electron chi connectivity index (χ2n) is 4.78. The van der Waals surface area contributed by atoms with Gasteiger partial charge in [0.25, 0.3) is 5.56 Å². The summed E-state index contributed by atoms with van der Waals surface area (Å²) in [6, 6.07) is 4.88. The zero-order chi connectivity index (χ0) is 16.8. The average Bonchev–Trinajstić information content (AvgIpc) is 2.52. The van der Waals surface area contributed by atoms with Crippen LogP contribution in [0.5, 0.6) is 0 Å². The molecule has 1 aromatic carbocycles. The van der Waals surface area contributed by atoms with Gasteiger partial charge in [0, 0.05) is 30.5 Å². The van der Waals surface area contributed by atoms with Gasteiger partial charge in [0.05, 0.1) is 11.3 Å². The maximum Gasteiger partial charge on any atom is 0.319 e. The minimum atomic E-state index is -0.556. The predicted octanol–water partition coefficient (Wildman–Crippen LogP) is 2.42. The molecule has 2 rings (SSSR count). The highest BCUT2D eigenvalue weighted by molar-refractivity contribution is 6.31. The number of hydrogen-bond acceptors (Lipinski definition) is 3. The summed E-state index contributed by atoms with van der Waals surface area (Å²) in [7, 11) is 0. The molecule has 1 aromatic heterocycles. The van der Waals surface area contributed by atoms with Crippen LogP contribution in [-0.4, -0.2) is 22.1 Å². The van der Waals surface area contributed by atoms with Gasteiger partial charge in [-0.25, -0.2) is 14.2 Å². The summed E-state index contributed by atoms with van der Waals surface area (Å²) in [5, 5.41) is 5.05. The van der Waals surface area contributed by atoms with Crippen LogP contribution >= 0.6 is 11.6 Å². The van der Waals surface area contributed by atoms with Crippen LogP contribution in [-0.2, 0) is 13.0 Å². The fourth-order valence-electron chi connectivity index (χ4n) is 1.86. The summed E-state index contributed by atoms with van der Waals surface area (Å²) in [6.45, 7) is 2.46. The van der Waals surface area contributed by atoms with Crippen LogP contribution in [0.15, 0.2) is 35.4 Å². The summed E-state index contributed by atoms with van der Waals surface area (Å²) in [5.74, 6) is -0.556. The predicted molar refractivity (Wildman–Crippen MR) is 86.3 cm³/mol. The van der Waals surface area contributed by atoms with Gasteiger partial charge < -0.3 is 10.6 Å². The van der Waals surface area contributed by atoms with Crippen molar-refractivity contribution in [3.05, 3.63) is 57.5 Å². The maximum absolute atomic E-state index is 13.0. The first-order chi connectivity index (χ1) is 11.0. The topological polar surface area (TPSA) is 76.0 Å². The molecule has 0 atom stereocenters. The molecule has 0 aliphatic heterocycles. The number of amides is 2. The first-order valence-electron chi connectivity index (χ1n) is 7.05. The van der Waals surface area contributed by atoms with E-state index in [0.29, 0.717) is 18.7 Å². The Kier molecular flexibility index (Phi) is 5.70. The highest BCUT2D eigenvalue weighted by Gasteiger charge is 2.05. The Labute approximate surface area is 137 Å². The fraction of sp³-hybridized carbons (Fsp3) is 0.267. The molecule has 0 aliphatic carbocycles. The van der Waals surface area contributed by atoms with E-state index in [-0.39, 0.29) is 17.1 Å². The van der Waals surface area contributed by atoms with Gasteiger partial charge in [-0.15, -0.1) is 0 Å². The zero-order valence-electron chi connectivity index (χ0n) is 12.5. The second kappa shape index (κ2) is 7.73. The van der Waals surface area contributed by atoms with E-state index in [4.69, 9.17) is 11.6 Å². The van der Waals surface area contributed by atoms with Crippen molar-refractivity contribution in [3.63, 3.8) is 0 Å². The number of urea groups is 1. The van der Waals surface area contributed by atoms with Gasteiger partial charge in [-0.2, -0.15) is 0 Å². The molecule has 0 aliphatic rings. The maximum atomic E-state index is 13.0. The number of hydrogen-bond donors (Lipinski definition) is 2. The Bertz CT molecular complexity index is 763. The summed E-state index contributed by atoms with van der Waals surface area (Å²) in [5.41, 5.74) is 0.939. The lowest BCUT2D eigenvalue weighted by Gasteiger charge is -2.09. The third-order valence-electron chi connectivity index (χ3n) is 3.11. The molecule has 0 saturated heterocycles. The smallest absolute Gasteiger partial charge is 0.319 e. The van der Waals surface area contributed by atoms with Crippen LogP contribution < -0.4 is 16.2 Å². The van der Waals surface area contributed by atoms with Gasteiger partial charge in [-0.05, 0) is 24.6 Å². The summed E-state index contributed by atoms with van der Waals surface area (Å²) >= 11 is 5.63. The van der Waals surface area contributed by atoms with Crippen LogP contribution in [0.4, 0.5) is 14.9 Å². The van der Waals surface area contributed by atoms with Gasteiger partial charge >= 0.3 is 6.03 Å². The summed E-state index contributed by atoms with van der Waals surface area (Å²) in [4.78, 5) is 27.6. The third kappa shape index (κ3) is 4.79. The molecule has 2 N–H and O–H groups in total. The van der Waals surface area contributed by atoms with Crippen molar-refractivity contribution in [2.24, 2.45) is 0 Å². The van der Waals surface area contributed by atoms with Crippen LogP contribution in [0.25, 0.3) is 0 Å². The SMILES string of the molecule is CCc1cc(=O)n(CCNC(=O)Nc2ccc(F)c(Cl)c2)cn1. The molecule has 0 fully saturated rings. The first-order valence-corrected chi connectivity index (χ1v) is 7.42. The van der Waals surface area contributed by atoms with Crippen molar-refractivity contribution in [2.45, 2.75) is 19.9 Å². The van der Waals surface area contributed by atoms with E-state index in [2.05, 4.69) is 15.6 Å². The quantitative estimate of drug-likeness (QED) is 0.879. The second-order valence-corrected chi connectivity index (χ2v) is 5.18. The van der Waals surface area contributed by atoms with Crippen LogP contribution in [0.2, 0.25) is 5.02 Å². The number of halogens is 2. The number of aryl methyl sites for hydroxylation is 1. The number of benzene rings is 1. The Morgan fingerprint density at radius 1 is 1.39 bits per heavy atom. The number of rotatable bonds is 5. The number of nitrogens with one attached hydrogen (secondary N) is 2. The molecular formula is C15H16ClFN4O2. The normalized spacial score (nSPS) is 10.4. The monoisotopic (exact) mass is 338 g/mol. The average molecular weight is 339 g/mol. The van der Waals surface area contributed by atoms with Crippen molar-refractivity contribution < 1.29 is 9.18 Å². The Morgan fingerprint density at radius 2 is 2.17 bits per heavy atom. The number of nitrogens with zero attached hydrogens (tertiary/aromatic N) is 2. The highest BCUT2D eigenvalue weighted by Crippen LogP contribution is 2.19. The van der Waals surface area contributed by atoms with E-state index in [1.807, 2.05) is 6.92 Å². The summed E-state index contributed by atoms with van der Waals surface area (Å²) < 4.78 is 14.4. The van der Waals surface area contributed by atoms with Crippen LogP contribution in [0.3, 0.4) is 0 Å². The molecule has 0 saturated carbocycles. The van der Waals surface area contributed by atoms with Crippen molar-refractivity contribution >= 4 is 23.3 Å². The lowest BCUT2D eigenvalue weighted by molar-refractivity contribution is 0.251. The molecule has 0 unspecified atom stereocenters. The minimum absolute atomic E-state index is 0.0727. The molecule has 122 valence electrons. The largest absolute Gasteiger partial charge is 0.336 e. The summed E-state index contributed by atoms with van der Waals surface area (Å²) in [6.07, 6.45) is 2.15. The van der Waals surface area contributed by atoms with Gasteiger partial charge in [-0.3, -0.25) is 9.36 Å². The first kappa shape index (κ1) is 17.0. The molecule has 8 heteroatoms. The molecule has 1 heterocycles. The van der Waals surface area contributed by atoms with Gasteiger partial charge in [0.15, 0.2) is 0 Å². The van der Waals surface area contributed by atoms with E-state index in [1.54, 1.807) is 0 Å². The lowest BCUT2D eigenvalue weighted by atomic mass is 10.3. The molecular weight excluding hydrogens is 323 g/mol. The highest BCUT2D eigenvalue weighted by atomic mass is 35.5. The Balaban J connectivity index is 1.85. The van der Waals surface area contributed by atoms with Crippen LogP contribution in [0, 0.1) is 5.82 Å². The fourth-order valence-corrected chi connectivity index (χ4v) is 2.04. The lowest BCUT2D eigenvalue weighted by Crippen LogP contribution is -2.33. The molecule has 6 nitrogen and oxygen atoms in total. The minimum Gasteiger partial charge on any atom is -0.336 e. The van der Waals surface area contributed by atoms with Gasteiger partial charge in [0.1, 0.15) is 5.82 Å². The molecule has 0 bridgehead atoms. The van der Waals surface area contributed by atoms with E-state index in [0.717, 1.165) is 5.69 Å². The van der Waals surface area contributed by atoms with Crippen molar-refractivity contribution in [2.75, 3.05) is 11.9 Å². The molecule has 0 radical (unpaired) electrons.